The van der Waals surface area contributed by atoms with Crippen LogP contribution in [0.2, 0.25) is 0 Å². The zero-order chi connectivity index (χ0) is 25.3. The quantitative estimate of drug-likeness (QED) is 0.162. The van der Waals surface area contributed by atoms with Gasteiger partial charge in [-0.15, -0.1) is 0 Å². The highest BCUT2D eigenvalue weighted by Crippen LogP contribution is 2.29. The van der Waals surface area contributed by atoms with E-state index in [1.807, 2.05) is 34.9 Å². The number of carboxylic acid groups (broad SMARTS) is 1. The number of nitrogens with zero attached hydrogens (tertiary/aromatic N) is 2. The van der Waals surface area contributed by atoms with E-state index in [-0.39, 0.29) is 6.54 Å². The second-order valence-corrected chi connectivity index (χ2v) is 10.1. The average Bonchev–Trinajstić information content (AvgIpc) is 3.24. The van der Waals surface area contributed by atoms with Gasteiger partial charge in [0.05, 0.1) is 5.39 Å². The van der Waals surface area contributed by atoms with Crippen LogP contribution < -0.4 is 9.47 Å². The lowest BCUT2D eigenvalue weighted by molar-refractivity contribution is -0.656. The minimum absolute atomic E-state index is 0.0641. The van der Waals surface area contributed by atoms with Crippen LogP contribution in [0, 0.1) is 0 Å². The molecule has 0 amide bonds. The molecule has 0 atom stereocenters. The van der Waals surface area contributed by atoms with Crippen molar-refractivity contribution < 1.29 is 14.5 Å². The molecule has 1 N–H and O–H groups in total. The Morgan fingerprint density at radius 2 is 1.61 bits per heavy atom. The summed E-state index contributed by atoms with van der Waals surface area (Å²) in [5.41, 5.74) is 3.42. The van der Waals surface area contributed by atoms with Gasteiger partial charge in [0.1, 0.15) is 4.70 Å². The molecule has 4 rings (SSSR count). The van der Waals surface area contributed by atoms with Crippen LogP contribution in [0.15, 0.2) is 72.8 Å². The van der Waals surface area contributed by atoms with Crippen molar-refractivity contribution in [2.45, 2.75) is 46.1 Å². The van der Waals surface area contributed by atoms with E-state index in [0.717, 1.165) is 44.6 Å². The predicted molar refractivity (Wildman–Crippen MR) is 154 cm³/mol. The Balaban J connectivity index is 1.54. The molecule has 1 aromatic heterocycles. The maximum Gasteiger partial charge on any atom is 0.370 e. The number of unbranched alkanes of at least 4 members (excludes halogenated alkanes) is 2. The third-order valence-electron chi connectivity index (χ3n) is 6.37. The van der Waals surface area contributed by atoms with Crippen LogP contribution >= 0.6 is 11.3 Å². The molecule has 0 saturated heterocycles. The molecular formula is C31H35N2O2S+. The number of hydrogen-bond donors (Lipinski definition) is 1. The molecule has 0 spiro atoms. The van der Waals surface area contributed by atoms with E-state index in [9.17, 15) is 9.90 Å². The molecule has 36 heavy (non-hydrogen) atoms. The van der Waals surface area contributed by atoms with E-state index in [1.165, 1.54) is 31.4 Å². The number of benzene rings is 3. The number of carbonyl (C=O) groups is 1. The highest BCUT2D eigenvalue weighted by Gasteiger charge is 2.23. The van der Waals surface area contributed by atoms with Crippen molar-refractivity contribution in [3.05, 3.63) is 83.4 Å². The van der Waals surface area contributed by atoms with Gasteiger partial charge in [-0.05, 0) is 48.1 Å². The summed E-state index contributed by atoms with van der Waals surface area (Å²) in [6.45, 7) is 6.63. The van der Waals surface area contributed by atoms with Gasteiger partial charge in [-0.2, -0.15) is 4.57 Å². The summed E-state index contributed by atoms with van der Waals surface area (Å²) in [6, 6.07) is 21.1. The summed E-state index contributed by atoms with van der Waals surface area (Å²) in [5.74, 6) is -0.843. The average molecular weight is 500 g/mol. The molecule has 0 unspecified atom stereocenters. The molecule has 0 aliphatic rings. The Labute approximate surface area is 217 Å². The molecule has 0 fully saturated rings. The van der Waals surface area contributed by atoms with Gasteiger partial charge < -0.3 is 10.0 Å². The van der Waals surface area contributed by atoms with Crippen LogP contribution in [-0.2, 0) is 11.3 Å². The predicted octanol–water partition coefficient (Wildman–Crippen LogP) is 7.56. The topological polar surface area (TPSA) is 44.4 Å². The van der Waals surface area contributed by atoms with Crippen LogP contribution in [0.5, 0.6) is 0 Å². The second-order valence-electron chi connectivity index (χ2n) is 9.06. The van der Waals surface area contributed by atoms with Gasteiger partial charge in [-0.25, -0.2) is 4.79 Å². The summed E-state index contributed by atoms with van der Waals surface area (Å²) in [4.78, 5) is 14.1. The summed E-state index contributed by atoms with van der Waals surface area (Å²) >= 11 is 1.62. The van der Waals surface area contributed by atoms with Crippen LogP contribution in [0.3, 0.4) is 0 Å². The van der Waals surface area contributed by atoms with Crippen molar-refractivity contribution >= 4 is 56.1 Å². The lowest BCUT2D eigenvalue weighted by Gasteiger charge is -2.24. The van der Waals surface area contributed by atoms with Crippen molar-refractivity contribution in [2.24, 2.45) is 0 Å². The first kappa shape index (κ1) is 25.6. The van der Waals surface area contributed by atoms with E-state index in [2.05, 4.69) is 73.4 Å². The van der Waals surface area contributed by atoms with E-state index in [1.54, 1.807) is 11.3 Å². The molecule has 0 aliphatic heterocycles. The summed E-state index contributed by atoms with van der Waals surface area (Å²) < 4.78 is 3.00. The number of allylic oxidation sites excluding steroid dienone is 2. The summed E-state index contributed by atoms with van der Waals surface area (Å²) in [5, 5.41) is 12.7. The standard InChI is InChI=1S/C31H34N2O2S/c1-3-5-21-32(22-6-4-2)26-18-15-24(16-19-26)11-7-10-14-29-33(23-30(34)35)31-27-13-9-8-12-25(27)17-20-28(31)36-29/h7-20H,3-6,21-23H2,1-2H3/p+1. The molecule has 0 radical (unpaired) electrons. The SMILES string of the molecule is CCCCN(CCCC)c1ccc(/C=C/C=C/c2sc3ccc4ccccc4c3[n+]2CC(=O)O)cc1. The first-order chi connectivity index (χ1) is 17.6. The maximum atomic E-state index is 11.6. The molecular weight excluding hydrogens is 464 g/mol. The van der Waals surface area contributed by atoms with Gasteiger partial charge in [0.2, 0.25) is 12.1 Å². The van der Waals surface area contributed by atoms with Crippen LogP contribution in [-0.4, -0.2) is 24.2 Å². The number of aliphatic carboxylic acids is 1. The minimum atomic E-state index is -0.843. The van der Waals surface area contributed by atoms with Crippen molar-refractivity contribution in [2.75, 3.05) is 18.0 Å². The molecule has 0 saturated carbocycles. The van der Waals surface area contributed by atoms with E-state index in [4.69, 9.17) is 0 Å². The fourth-order valence-electron chi connectivity index (χ4n) is 4.46. The van der Waals surface area contributed by atoms with E-state index in [0.29, 0.717) is 0 Å². The number of fused-ring (bicyclic) bond motifs is 3. The summed E-state index contributed by atoms with van der Waals surface area (Å²) in [6.07, 6.45) is 13.0. The number of hydrogen-bond acceptors (Lipinski definition) is 3. The fourth-order valence-corrected chi connectivity index (χ4v) is 5.55. The Morgan fingerprint density at radius 1 is 0.917 bits per heavy atom. The first-order valence-corrected chi connectivity index (χ1v) is 13.7. The van der Waals surface area contributed by atoms with Crippen molar-refractivity contribution in [1.82, 2.24) is 0 Å². The number of carboxylic acids is 1. The smallest absolute Gasteiger partial charge is 0.370 e. The van der Waals surface area contributed by atoms with Crippen molar-refractivity contribution in [1.29, 1.82) is 0 Å². The Hall–Kier alpha value is -3.44. The zero-order valence-electron chi connectivity index (χ0n) is 21.2. The van der Waals surface area contributed by atoms with E-state index >= 15 is 0 Å². The molecule has 5 heteroatoms. The normalized spacial score (nSPS) is 11.8. The van der Waals surface area contributed by atoms with Crippen molar-refractivity contribution in [3.8, 4) is 0 Å². The van der Waals surface area contributed by atoms with Crippen LogP contribution in [0.1, 0.15) is 50.1 Å². The van der Waals surface area contributed by atoms with Crippen LogP contribution in [0.4, 0.5) is 5.69 Å². The Morgan fingerprint density at radius 3 is 2.31 bits per heavy atom. The van der Waals surface area contributed by atoms with Gasteiger partial charge in [0.25, 0.3) is 5.01 Å². The first-order valence-electron chi connectivity index (χ1n) is 12.9. The fraction of sp³-hybridized carbons (Fsp3) is 0.290. The van der Waals surface area contributed by atoms with Crippen molar-refractivity contribution in [3.63, 3.8) is 0 Å². The largest absolute Gasteiger partial charge is 0.477 e. The molecule has 186 valence electrons. The third-order valence-corrected chi connectivity index (χ3v) is 7.48. The minimum Gasteiger partial charge on any atom is -0.477 e. The third kappa shape index (κ3) is 6.21. The molecule has 3 aromatic carbocycles. The van der Waals surface area contributed by atoms with Gasteiger partial charge >= 0.3 is 5.97 Å². The Kier molecular flexibility index (Phi) is 8.90. The monoisotopic (exact) mass is 499 g/mol. The number of anilines is 1. The van der Waals surface area contributed by atoms with Crippen LogP contribution in [0.25, 0.3) is 33.1 Å². The number of rotatable bonds is 12. The second kappa shape index (κ2) is 12.5. The molecule has 0 bridgehead atoms. The highest BCUT2D eigenvalue weighted by molar-refractivity contribution is 7.19. The highest BCUT2D eigenvalue weighted by atomic mass is 32.1. The molecule has 1 heterocycles. The van der Waals surface area contributed by atoms with Gasteiger partial charge in [-0.3, -0.25) is 0 Å². The summed E-state index contributed by atoms with van der Waals surface area (Å²) in [7, 11) is 0. The lowest BCUT2D eigenvalue weighted by atomic mass is 10.1. The lowest BCUT2D eigenvalue weighted by Crippen LogP contribution is -2.39. The molecule has 4 nitrogen and oxygen atoms in total. The van der Waals surface area contributed by atoms with E-state index < -0.39 is 5.97 Å². The van der Waals surface area contributed by atoms with Gasteiger partial charge in [0, 0.05) is 24.9 Å². The Bertz CT molecular complexity index is 1360. The molecule has 0 aliphatic carbocycles. The zero-order valence-corrected chi connectivity index (χ0v) is 22.0. The van der Waals surface area contributed by atoms with Gasteiger partial charge in [-0.1, -0.05) is 92.7 Å². The number of aromatic nitrogens is 1. The van der Waals surface area contributed by atoms with Gasteiger partial charge in [0.15, 0.2) is 0 Å². The molecule has 4 aromatic rings. The number of thiazole rings is 1. The maximum absolute atomic E-state index is 11.6.